The Bertz CT molecular complexity index is 770. The van der Waals surface area contributed by atoms with E-state index in [0.29, 0.717) is 5.02 Å². The van der Waals surface area contributed by atoms with Gasteiger partial charge >= 0.3 is 0 Å². The number of carbonyl (C=O) groups excluding carboxylic acids is 1. The first-order chi connectivity index (χ1) is 11.2. The van der Waals surface area contributed by atoms with Crippen LogP contribution in [-0.2, 0) is 0 Å². The van der Waals surface area contributed by atoms with Crippen molar-refractivity contribution in [3.63, 3.8) is 0 Å². The zero-order valence-electron chi connectivity index (χ0n) is 12.4. The Morgan fingerprint density at radius 2 is 1.35 bits per heavy atom. The summed E-state index contributed by atoms with van der Waals surface area (Å²) >= 11 is 7.49. The molecule has 0 saturated heterocycles. The minimum absolute atomic E-state index is 0.108. The van der Waals surface area contributed by atoms with Crippen molar-refractivity contribution in [2.75, 3.05) is 0 Å². The van der Waals surface area contributed by atoms with Gasteiger partial charge in [0.1, 0.15) is 0 Å². The molecular formula is C20H15ClOS. The lowest BCUT2D eigenvalue weighted by Crippen LogP contribution is -2.09. The van der Waals surface area contributed by atoms with Crippen LogP contribution in [0.1, 0.15) is 21.2 Å². The largest absolute Gasteiger partial charge is 0.293 e. The molecule has 0 amide bonds. The summed E-state index contributed by atoms with van der Waals surface area (Å²) in [5.41, 5.74) is 1.73. The first-order valence-electron chi connectivity index (χ1n) is 7.30. The van der Waals surface area contributed by atoms with Gasteiger partial charge in [-0.3, -0.25) is 4.79 Å². The Labute approximate surface area is 145 Å². The zero-order chi connectivity index (χ0) is 16.1. The average Bonchev–Trinajstić information content (AvgIpc) is 2.62. The van der Waals surface area contributed by atoms with Crippen LogP contribution in [0.2, 0.25) is 5.02 Å². The Hall–Kier alpha value is -2.03. The van der Waals surface area contributed by atoms with Gasteiger partial charge in [0.2, 0.25) is 0 Å². The highest BCUT2D eigenvalue weighted by atomic mass is 35.5. The lowest BCUT2D eigenvalue weighted by molar-refractivity contribution is 0.0989. The molecule has 1 atom stereocenters. The molecule has 0 unspecified atom stereocenters. The van der Waals surface area contributed by atoms with Crippen LogP contribution in [0.15, 0.2) is 89.8 Å². The number of carbonyl (C=O) groups is 1. The summed E-state index contributed by atoms with van der Waals surface area (Å²) in [4.78, 5) is 14.0. The summed E-state index contributed by atoms with van der Waals surface area (Å²) in [6, 6.07) is 26.9. The highest BCUT2D eigenvalue weighted by Crippen LogP contribution is 2.38. The van der Waals surface area contributed by atoms with Crippen molar-refractivity contribution in [1.82, 2.24) is 0 Å². The number of hydrogen-bond acceptors (Lipinski definition) is 2. The molecule has 0 aliphatic rings. The van der Waals surface area contributed by atoms with Crippen molar-refractivity contribution in [2.24, 2.45) is 0 Å². The minimum atomic E-state index is -0.278. The van der Waals surface area contributed by atoms with Gasteiger partial charge in [0.15, 0.2) is 5.78 Å². The van der Waals surface area contributed by atoms with Crippen LogP contribution >= 0.6 is 23.4 Å². The van der Waals surface area contributed by atoms with Gasteiger partial charge in [0.25, 0.3) is 0 Å². The minimum Gasteiger partial charge on any atom is -0.293 e. The first kappa shape index (κ1) is 15.9. The second kappa shape index (κ2) is 7.49. The summed E-state index contributed by atoms with van der Waals surface area (Å²) < 4.78 is 0. The van der Waals surface area contributed by atoms with Crippen LogP contribution in [0.4, 0.5) is 0 Å². The van der Waals surface area contributed by atoms with Gasteiger partial charge in [0, 0.05) is 15.5 Å². The molecule has 0 bridgehead atoms. The molecule has 0 radical (unpaired) electrons. The van der Waals surface area contributed by atoms with Crippen molar-refractivity contribution in [3.05, 3.63) is 101 Å². The smallest absolute Gasteiger partial charge is 0.180 e. The predicted octanol–water partition coefficient (Wildman–Crippen LogP) is 6.06. The molecule has 3 aromatic carbocycles. The van der Waals surface area contributed by atoms with Gasteiger partial charge in [-0.1, -0.05) is 72.3 Å². The van der Waals surface area contributed by atoms with Crippen LogP contribution in [0.5, 0.6) is 0 Å². The molecular weight excluding hydrogens is 324 g/mol. The Kier molecular flexibility index (Phi) is 5.16. The summed E-state index contributed by atoms with van der Waals surface area (Å²) in [5, 5.41) is 0.416. The standard InChI is InChI=1S/C20H15ClOS/c21-17-11-13-18(14-12-17)23-20(16-9-5-2-6-10-16)19(22)15-7-3-1-4-8-15/h1-14,20H/t20-/m1/s1. The second-order valence-corrected chi connectivity index (χ2v) is 6.71. The van der Waals surface area contributed by atoms with E-state index in [1.165, 1.54) is 0 Å². The molecule has 23 heavy (non-hydrogen) atoms. The van der Waals surface area contributed by atoms with E-state index in [-0.39, 0.29) is 11.0 Å². The first-order valence-corrected chi connectivity index (χ1v) is 8.56. The van der Waals surface area contributed by atoms with E-state index in [9.17, 15) is 4.79 Å². The van der Waals surface area contributed by atoms with Crippen LogP contribution in [-0.4, -0.2) is 5.78 Å². The number of halogens is 1. The lowest BCUT2D eigenvalue weighted by Gasteiger charge is -2.16. The van der Waals surface area contributed by atoms with Gasteiger partial charge in [-0.05, 0) is 29.8 Å². The number of benzene rings is 3. The number of ketones is 1. The molecule has 3 aromatic rings. The molecule has 3 rings (SSSR count). The molecule has 0 aromatic heterocycles. The van der Waals surface area contributed by atoms with Crippen LogP contribution in [0.3, 0.4) is 0 Å². The lowest BCUT2D eigenvalue weighted by atomic mass is 10.0. The van der Waals surface area contributed by atoms with Gasteiger partial charge < -0.3 is 0 Å². The monoisotopic (exact) mass is 338 g/mol. The van der Waals surface area contributed by atoms with Gasteiger partial charge in [-0.25, -0.2) is 0 Å². The number of hydrogen-bond donors (Lipinski definition) is 0. The molecule has 0 aliphatic carbocycles. The third-order valence-electron chi connectivity index (χ3n) is 3.47. The van der Waals surface area contributed by atoms with Crippen LogP contribution in [0, 0.1) is 0 Å². The van der Waals surface area contributed by atoms with Crippen molar-refractivity contribution in [1.29, 1.82) is 0 Å². The Morgan fingerprint density at radius 1 is 0.783 bits per heavy atom. The molecule has 1 nitrogen and oxygen atoms in total. The summed E-state index contributed by atoms with van der Waals surface area (Å²) in [5.74, 6) is 0.108. The highest BCUT2D eigenvalue weighted by Gasteiger charge is 2.23. The van der Waals surface area contributed by atoms with Gasteiger partial charge in [-0.15, -0.1) is 11.8 Å². The molecule has 114 valence electrons. The fraction of sp³-hybridized carbons (Fsp3) is 0.0500. The third kappa shape index (κ3) is 4.04. The van der Waals surface area contributed by atoms with Crippen molar-refractivity contribution in [2.45, 2.75) is 10.1 Å². The molecule has 0 saturated carbocycles. The van der Waals surface area contributed by atoms with E-state index >= 15 is 0 Å². The van der Waals surface area contributed by atoms with Crippen molar-refractivity contribution < 1.29 is 4.79 Å². The topological polar surface area (TPSA) is 17.1 Å². The average molecular weight is 339 g/mol. The number of thioether (sulfide) groups is 1. The number of rotatable bonds is 5. The maximum absolute atomic E-state index is 13.0. The fourth-order valence-corrected chi connectivity index (χ4v) is 3.53. The maximum atomic E-state index is 13.0. The maximum Gasteiger partial charge on any atom is 0.180 e. The molecule has 0 spiro atoms. The quantitative estimate of drug-likeness (QED) is 0.415. The molecule has 0 fully saturated rings. The summed E-state index contributed by atoms with van der Waals surface area (Å²) in [6.45, 7) is 0. The summed E-state index contributed by atoms with van der Waals surface area (Å²) in [7, 11) is 0. The van der Waals surface area contributed by atoms with E-state index in [1.807, 2.05) is 84.9 Å². The highest BCUT2D eigenvalue weighted by molar-refractivity contribution is 8.00. The normalized spacial score (nSPS) is 11.9. The zero-order valence-corrected chi connectivity index (χ0v) is 13.9. The van der Waals surface area contributed by atoms with E-state index in [2.05, 4.69) is 0 Å². The summed E-state index contributed by atoms with van der Waals surface area (Å²) in [6.07, 6.45) is 0. The van der Waals surface area contributed by atoms with Crippen LogP contribution in [0.25, 0.3) is 0 Å². The van der Waals surface area contributed by atoms with E-state index in [0.717, 1.165) is 16.0 Å². The molecule has 0 heterocycles. The van der Waals surface area contributed by atoms with Gasteiger partial charge in [-0.2, -0.15) is 0 Å². The van der Waals surface area contributed by atoms with Crippen molar-refractivity contribution in [3.8, 4) is 0 Å². The second-order valence-electron chi connectivity index (χ2n) is 5.09. The van der Waals surface area contributed by atoms with Crippen LogP contribution < -0.4 is 0 Å². The molecule has 3 heteroatoms. The Balaban J connectivity index is 1.94. The predicted molar refractivity (Wildman–Crippen MR) is 97.3 cm³/mol. The molecule has 0 N–H and O–H groups in total. The Morgan fingerprint density at radius 3 is 1.96 bits per heavy atom. The van der Waals surface area contributed by atoms with Gasteiger partial charge in [0.05, 0.1) is 5.25 Å². The van der Waals surface area contributed by atoms with E-state index in [1.54, 1.807) is 11.8 Å². The SMILES string of the molecule is O=C(c1ccccc1)[C@H](Sc1ccc(Cl)cc1)c1ccccc1. The van der Waals surface area contributed by atoms with E-state index in [4.69, 9.17) is 11.6 Å². The van der Waals surface area contributed by atoms with E-state index < -0.39 is 0 Å². The fourth-order valence-electron chi connectivity index (χ4n) is 2.30. The number of Topliss-reactive ketones (excluding diaryl/α,β-unsaturated/α-hetero) is 1. The van der Waals surface area contributed by atoms with Crippen molar-refractivity contribution >= 4 is 29.1 Å². The molecule has 0 aliphatic heterocycles. The third-order valence-corrected chi connectivity index (χ3v) is 4.98.